The van der Waals surface area contributed by atoms with Gasteiger partial charge in [-0.2, -0.15) is 5.90 Å². The average molecular weight is 505 g/mol. The van der Waals surface area contributed by atoms with Crippen LogP contribution >= 0.6 is 23.2 Å². The second kappa shape index (κ2) is 11.0. The van der Waals surface area contributed by atoms with Gasteiger partial charge in [-0.05, 0) is 55.2 Å². The Labute approximate surface area is 208 Å². The zero-order valence-corrected chi connectivity index (χ0v) is 20.7. The summed E-state index contributed by atoms with van der Waals surface area (Å²) in [4.78, 5) is 20.5. The number of hydrogen-bond acceptors (Lipinski definition) is 6. The molecule has 0 aliphatic rings. The van der Waals surface area contributed by atoms with Crippen molar-refractivity contribution in [2.45, 2.75) is 39.5 Å². The summed E-state index contributed by atoms with van der Waals surface area (Å²) < 4.78 is 11.4. The van der Waals surface area contributed by atoms with Crippen LogP contribution in [0.3, 0.4) is 0 Å². The van der Waals surface area contributed by atoms with E-state index in [1.165, 1.54) is 0 Å². The van der Waals surface area contributed by atoms with Crippen molar-refractivity contribution in [1.82, 2.24) is 4.98 Å². The highest BCUT2D eigenvalue weighted by Crippen LogP contribution is 2.36. The average Bonchev–Trinajstić information content (AvgIpc) is 3.20. The van der Waals surface area contributed by atoms with Crippen LogP contribution in [-0.2, 0) is 11.2 Å². The Morgan fingerprint density at radius 2 is 1.97 bits per heavy atom. The fourth-order valence-corrected chi connectivity index (χ4v) is 4.00. The highest BCUT2D eigenvalue weighted by Gasteiger charge is 2.20. The number of carboxylic acid groups (broad SMARTS) is 1. The number of carboxylic acids is 1. The number of halogens is 2. The number of aromatic nitrogens is 1. The number of oxazole rings is 1. The van der Waals surface area contributed by atoms with Gasteiger partial charge < -0.3 is 19.1 Å². The Morgan fingerprint density at radius 3 is 2.59 bits per heavy atom. The molecule has 2 aromatic carbocycles. The molecule has 0 aliphatic carbocycles. The fourth-order valence-electron chi connectivity index (χ4n) is 3.51. The molecule has 3 N–H and O–H groups in total. The Balaban J connectivity index is 1.83. The van der Waals surface area contributed by atoms with Gasteiger partial charge in [0.1, 0.15) is 11.5 Å². The van der Waals surface area contributed by atoms with Crippen LogP contribution < -0.4 is 15.5 Å². The molecule has 0 unspecified atom stereocenters. The monoisotopic (exact) mass is 504 g/mol. The summed E-state index contributed by atoms with van der Waals surface area (Å²) in [7, 11) is 0. The fraction of sp³-hybridized carbons (Fsp3) is 0.280. The van der Waals surface area contributed by atoms with Crippen molar-refractivity contribution in [3.05, 3.63) is 69.5 Å². The maximum absolute atomic E-state index is 10.8. The largest absolute Gasteiger partial charge is 0.481 e. The van der Waals surface area contributed by atoms with Gasteiger partial charge in [-0.1, -0.05) is 43.6 Å². The van der Waals surface area contributed by atoms with E-state index in [9.17, 15) is 4.79 Å². The van der Waals surface area contributed by atoms with Gasteiger partial charge in [0.2, 0.25) is 5.89 Å². The van der Waals surface area contributed by atoms with Crippen LogP contribution in [-0.4, -0.2) is 22.7 Å². The maximum Gasteiger partial charge on any atom is 0.341 e. The lowest BCUT2D eigenvalue weighted by molar-refractivity contribution is -0.139. The molecule has 0 spiro atoms. The Hall–Kier alpha value is -3.00. The summed E-state index contributed by atoms with van der Waals surface area (Å²) in [5.74, 6) is 6.44. The van der Waals surface area contributed by atoms with Gasteiger partial charge >= 0.3 is 5.97 Å². The number of aliphatic carboxylic acids is 1. The summed E-state index contributed by atoms with van der Waals surface area (Å²) >= 11 is 12.4. The summed E-state index contributed by atoms with van der Waals surface area (Å²) in [6, 6.07) is 8.55. The molecule has 1 heterocycles. The first-order valence-corrected chi connectivity index (χ1v) is 11.4. The summed E-state index contributed by atoms with van der Waals surface area (Å²) in [6.07, 6.45) is 1.13. The minimum Gasteiger partial charge on any atom is -0.481 e. The lowest BCUT2D eigenvalue weighted by atomic mass is 9.97. The SMILES string of the molecule is C=C(CCc1nc(-c2ccc(Cl)cc2Cl)oc1C(C)C)c1cc(C)c(OCC(=O)O)cc1ON. The van der Waals surface area contributed by atoms with E-state index in [0.29, 0.717) is 51.4 Å². The number of ether oxygens (including phenoxy) is 1. The first-order valence-electron chi connectivity index (χ1n) is 10.6. The lowest BCUT2D eigenvalue weighted by Gasteiger charge is -2.15. The maximum atomic E-state index is 10.8. The van der Waals surface area contributed by atoms with Crippen LogP contribution in [0.2, 0.25) is 10.0 Å². The van der Waals surface area contributed by atoms with Crippen LogP contribution in [0.25, 0.3) is 17.0 Å². The molecule has 0 amide bonds. The van der Waals surface area contributed by atoms with Crippen LogP contribution in [0, 0.1) is 6.92 Å². The molecular weight excluding hydrogens is 479 g/mol. The molecule has 0 saturated heterocycles. The molecule has 34 heavy (non-hydrogen) atoms. The molecule has 0 atom stereocenters. The third-order valence-corrected chi connectivity index (χ3v) is 5.76. The molecule has 9 heteroatoms. The minimum absolute atomic E-state index is 0.117. The number of nitrogens with two attached hydrogens (primary N) is 1. The van der Waals surface area contributed by atoms with E-state index in [2.05, 4.69) is 6.58 Å². The molecule has 1 aromatic heterocycles. The van der Waals surface area contributed by atoms with E-state index >= 15 is 0 Å². The molecule has 7 nitrogen and oxygen atoms in total. The van der Waals surface area contributed by atoms with Crippen molar-refractivity contribution in [1.29, 1.82) is 0 Å². The summed E-state index contributed by atoms with van der Waals surface area (Å²) in [5, 5.41) is 9.85. The molecule has 0 radical (unpaired) electrons. The number of nitrogens with zero attached hydrogens (tertiary/aromatic N) is 1. The van der Waals surface area contributed by atoms with E-state index in [4.69, 9.17) is 53.2 Å². The molecule has 180 valence electrons. The second-order valence-electron chi connectivity index (χ2n) is 8.13. The minimum atomic E-state index is -1.07. The van der Waals surface area contributed by atoms with Crippen molar-refractivity contribution < 1.29 is 23.9 Å². The standard InChI is InChI=1S/C25H26Cl2N2O5/c1-13(2)24-20(29-25(33-24)17-7-6-16(26)10-19(17)27)8-5-14(3)18-9-15(4)21(11-22(18)34-28)32-12-23(30)31/h6-7,9-11,13H,3,5,8,12,28H2,1-2,4H3,(H,30,31). The van der Waals surface area contributed by atoms with E-state index in [1.807, 2.05) is 26.8 Å². The van der Waals surface area contributed by atoms with Gasteiger partial charge in [0.05, 0.1) is 16.3 Å². The molecule has 0 bridgehead atoms. The molecule has 3 rings (SSSR count). The van der Waals surface area contributed by atoms with Gasteiger partial charge in [-0.3, -0.25) is 0 Å². The van der Waals surface area contributed by atoms with Crippen molar-refractivity contribution in [2.75, 3.05) is 6.61 Å². The third kappa shape index (κ3) is 5.91. The van der Waals surface area contributed by atoms with Crippen LogP contribution in [0.1, 0.15) is 48.8 Å². The first-order chi connectivity index (χ1) is 16.1. The molecule has 0 saturated carbocycles. The van der Waals surface area contributed by atoms with E-state index < -0.39 is 12.6 Å². The van der Waals surface area contributed by atoms with Crippen molar-refractivity contribution in [3.8, 4) is 23.0 Å². The van der Waals surface area contributed by atoms with E-state index in [1.54, 1.807) is 24.3 Å². The zero-order chi connectivity index (χ0) is 25.0. The van der Waals surface area contributed by atoms with Gasteiger partial charge in [0.15, 0.2) is 12.4 Å². The second-order valence-corrected chi connectivity index (χ2v) is 8.97. The van der Waals surface area contributed by atoms with Crippen molar-refractivity contribution in [3.63, 3.8) is 0 Å². The number of allylic oxidation sites excluding steroid dienone is 1. The highest BCUT2D eigenvalue weighted by atomic mass is 35.5. The Morgan fingerprint density at radius 1 is 1.24 bits per heavy atom. The van der Waals surface area contributed by atoms with E-state index in [0.717, 1.165) is 22.6 Å². The Kier molecular flexibility index (Phi) is 8.25. The van der Waals surface area contributed by atoms with E-state index in [-0.39, 0.29) is 5.92 Å². The molecule has 3 aromatic rings. The quantitative estimate of drug-likeness (QED) is 0.305. The number of aryl methyl sites for hydroxylation is 2. The van der Waals surface area contributed by atoms with Crippen LogP contribution in [0.4, 0.5) is 0 Å². The molecule has 0 aliphatic heterocycles. The lowest BCUT2D eigenvalue weighted by Crippen LogP contribution is -2.11. The number of carbonyl (C=O) groups is 1. The number of rotatable bonds is 10. The van der Waals surface area contributed by atoms with Gasteiger partial charge in [-0.25, -0.2) is 9.78 Å². The summed E-state index contributed by atoms with van der Waals surface area (Å²) in [5.41, 5.74) is 3.70. The normalized spacial score (nSPS) is 11.0. The Bertz CT molecular complexity index is 1220. The third-order valence-electron chi connectivity index (χ3n) is 5.21. The van der Waals surface area contributed by atoms with Crippen molar-refractivity contribution in [2.24, 2.45) is 5.90 Å². The van der Waals surface area contributed by atoms with Crippen LogP contribution in [0.15, 0.2) is 41.3 Å². The van der Waals surface area contributed by atoms with Gasteiger partial charge in [-0.15, -0.1) is 0 Å². The molecule has 0 fully saturated rings. The zero-order valence-electron chi connectivity index (χ0n) is 19.2. The predicted octanol–water partition coefficient (Wildman–Crippen LogP) is 6.44. The number of benzene rings is 2. The van der Waals surface area contributed by atoms with Crippen molar-refractivity contribution >= 4 is 34.7 Å². The first kappa shape index (κ1) is 25.6. The number of hydrogen-bond donors (Lipinski definition) is 2. The molecular formula is C25H26Cl2N2O5. The highest BCUT2D eigenvalue weighted by molar-refractivity contribution is 6.36. The van der Waals surface area contributed by atoms with Gasteiger partial charge in [0, 0.05) is 22.6 Å². The summed E-state index contributed by atoms with van der Waals surface area (Å²) in [6.45, 7) is 9.61. The predicted molar refractivity (Wildman–Crippen MR) is 133 cm³/mol. The topological polar surface area (TPSA) is 108 Å². The van der Waals surface area contributed by atoms with Crippen LogP contribution in [0.5, 0.6) is 11.5 Å². The van der Waals surface area contributed by atoms with Gasteiger partial charge in [0.25, 0.3) is 0 Å². The smallest absolute Gasteiger partial charge is 0.341 e.